The van der Waals surface area contributed by atoms with Gasteiger partial charge in [0.2, 0.25) is 5.43 Å². The Morgan fingerprint density at radius 2 is 1.97 bits per heavy atom. The van der Waals surface area contributed by atoms with E-state index in [1.54, 1.807) is 24.3 Å². The maximum Gasteiger partial charge on any atom is 0.219 e. The van der Waals surface area contributed by atoms with Crippen molar-refractivity contribution in [2.45, 2.75) is 13.0 Å². The van der Waals surface area contributed by atoms with Crippen LogP contribution in [-0.4, -0.2) is 30.7 Å². The number of hydrogen-bond donors (Lipinski definition) is 2. The molecule has 3 N–H and O–H groups in total. The van der Waals surface area contributed by atoms with Gasteiger partial charge < -0.3 is 25.1 Å². The van der Waals surface area contributed by atoms with E-state index in [4.69, 9.17) is 14.9 Å². The van der Waals surface area contributed by atoms with Crippen molar-refractivity contribution in [2.24, 2.45) is 0 Å². The van der Waals surface area contributed by atoms with E-state index < -0.39 is 0 Å². The predicted molar refractivity (Wildman–Crippen MR) is 118 cm³/mol. The van der Waals surface area contributed by atoms with Gasteiger partial charge in [0.05, 0.1) is 5.39 Å². The van der Waals surface area contributed by atoms with Crippen LogP contribution in [0.15, 0.2) is 63.8 Å². The van der Waals surface area contributed by atoms with Crippen LogP contribution in [0.2, 0.25) is 0 Å². The molecule has 2 aromatic heterocycles. The Morgan fingerprint density at radius 1 is 1.17 bits per heavy atom. The van der Waals surface area contributed by atoms with Gasteiger partial charge in [0.15, 0.2) is 22.7 Å². The van der Waals surface area contributed by atoms with Crippen molar-refractivity contribution in [2.75, 3.05) is 30.3 Å². The second kappa shape index (κ2) is 7.35. The van der Waals surface area contributed by atoms with Gasteiger partial charge in [-0.2, -0.15) is 0 Å². The molecule has 2 aromatic carbocycles. The Morgan fingerprint density at radius 3 is 2.77 bits per heavy atom. The largest absolute Gasteiger partial charge is 0.454 e. The summed E-state index contributed by atoms with van der Waals surface area (Å²) in [5.74, 6) is 1.13. The van der Waals surface area contributed by atoms with Crippen molar-refractivity contribution < 1.29 is 9.15 Å². The number of para-hydroxylation sites is 1. The van der Waals surface area contributed by atoms with E-state index in [0.29, 0.717) is 34.1 Å². The van der Waals surface area contributed by atoms with Gasteiger partial charge in [0, 0.05) is 37.4 Å². The summed E-state index contributed by atoms with van der Waals surface area (Å²) in [6.45, 7) is 5.09. The molecule has 0 saturated carbocycles. The van der Waals surface area contributed by atoms with Crippen LogP contribution >= 0.6 is 0 Å². The zero-order valence-electron chi connectivity index (χ0n) is 16.6. The van der Waals surface area contributed by atoms with Crippen molar-refractivity contribution in [3.8, 4) is 11.5 Å². The summed E-state index contributed by atoms with van der Waals surface area (Å²) in [5.41, 5.74) is 8.06. The molecule has 152 valence electrons. The maximum atomic E-state index is 12.7. The number of nitrogens with two attached hydrogens (primary N) is 1. The van der Waals surface area contributed by atoms with Crippen LogP contribution in [0.25, 0.3) is 22.1 Å². The van der Waals surface area contributed by atoms with Gasteiger partial charge in [-0.25, -0.2) is 4.98 Å². The Balaban J connectivity index is 1.45. The molecule has 0 unspecified atom stereocenters. The van der Waals surface area contributed by atoms with Gasteiger partial charge in [-0.05, 0) is 43.3 Å². The first-order chi connectivity index (χ1) is 14.6. The molecule has 0 spiro atoms. The molecular weight excluding hydrogens is 380 g/mol. The van der Waals surface area contributed by atoms with Crippen LogP contribution in [0.4, 0.5) is 11.5 Å². The number of ether oxygens (including phenoxy) is 1. The first-order valence-corrected chi connectivity index (χ1v) is 9.97. The number of aromatic nitrogens is 1. The van der Waals surface area contributed by atoms with E-state index in [9.17, 15) is 4.79 Å². The molecule has 0 amide bonds. The Kier molecular flexibility index (Phi) is 4.52. The average Bonchev–Trinajstić information content (AvgIpc) is 2.76. The van der Waals surface area contributed by atoms with Crippen LogP contribution in [0.3, 0.4) is 0 Å². The molecule has 1 aliphatic heterocycles. The number of nitrogens with zero attached hydrogens (tertiary/aromatic N) is 2. The lowest BCUT2D eigenvalue weighted by molar-refractivity contribution is 0.479. The van der Waals surface area contributed by atoms with E-state index >= 15 is 0 Å². The monoisotopic (exact) mass is 402 g/mol. The number of anilines is 2. The Bertz CT molecular complexity index is 1280. The van der Waals surface area contributed by atoms with Crippen LogP contribution in [-0.2, 0) is 0 Å². The molecule has 30 heavy (non-hydrogen) atoms. The van der Waals surface area contributed by atoms with Crippen molar-refractivity contribution in [3.05, 3.63) is 64.8 Å². The van der Waals surface area contributed by atoms with Crippen molar-refractivity contribution in [3.63, 3.8) is 0 Å². The minimum Gasteiger partial charge on any atom is -0.454 e. The number of pyridine rings is 1. The number of piperazine rings is 1. The standard InChI is InChI=1S/C23H22N4O3/c1-14-13-27(11-10-25-14)15-6-8-16(9-7-15)29-20-12-19-21(26-23(20)24)22(28)17-4-2-3-5-18(17)30-19/h2-9,12,14,25H,10-11,13H2,1H3,(H2,24,26)/t14-/m0/s1. The molecule has 5 rings (SSSR count). The Hall–Kier alpha value is -3.58. The number of fused-ring (bicyclic) bond motifs is 2. The molecule has 1 fully saturated rings. The van der Waals surface area contributed by atoms with Gasteiger partial charge in [0.25, 0.3) is 0 Å². The number of nitrogens with one attached hydrogen (secondary N) is 1. The number of benzene rings is 2. The van der Waals surface area contributed by atoms with Gasteiger partial charge in [-0.3, -0.25) is 4.79 Å². The summed E-state index contributed by atoms with van der Waals surface area (Å²) in [6, 6.07) is 17.0. The molecule has 0 aliphatic carbocycles. The minimum absolute atomic E-state index is 0.144. The van der Waals surface area contributed by atoms with Gasteiger partial charge in [-0.1, -0.05) is 12.1 Å². The van der Waals surface area contributed by atoms with Crippen molar-refractivity contribution in [1.82, 2.24) is 10.3 Å². The first-order valence-electron chi connectivity index (χ1n) is 9.97. The number of hydrogen-bond acceptors (Lipinski definition) is 7. The SMILES string of the molecule is C[C@H]1CN(c2ccc(Oc3cc4oc5ccccc5c(=O)c4nc3N)cc2)CCN1. The Labute approximate surface area is 173 Å². The summed E-state index contributed by atoms with van der Waals surface area (Å²) in [5, 5.41) is 3.92. The summed E-state index contributed by atoms with van der Waals surface area (Å²) >= 11 is 0. The van der Waals surface area contributed by atoms with Crippen molar-refractivity contribution >= 4 is 33.6 Å². The molecule has 0 bridgehead atoms. The highest BCUT2D eigenvalue weighted by molar-refractivity contribution is 5.89. The lowest BCUT2D eigenvalue weighted by Crippen LogP contribution is -2.49. The van der Waals surface area contributed by atoms with Crippen molar-refractivity contribution in [1.29, 1.82) is 0 Å². The molecule has 3 heterocycles. The van der Waals surface area contributed by atoms with Crippen LogP contribution in [0.5, 0.6) is 11.5 Å². The van der Waals surface area contributed by atoms with E-state index in [1.807, 2.05) is 30.3 Å². The van der Waals surface area contributed by atoms with Gasteiger partial charge >= 0.3 is 0 Å². The molecule has 1 saturated heterocycles. The summed E-state index contributed by atoms with van der Waals surface area (Å²) in [4.78, 5) is 19.3. The van der Waals surface area contributed by atoms with Gasteiger partial charge in [0.1, 0.15) is 11.3 Å². The molecule has 1 atom stereocenters. The van der Waals surface area contributed by atoms with Gasteiger partial charge in [-0.15, -0.1) is 0 Å². The smallest absolute Gasteiger partial charge is 0.219 e. The van der Waals surface area contributed by atoms with E-state index in [-0.39, 0.29) is 16.8 Å². The van der Waals surface area contributed by atoms with Crippen LogP contribution in [0, 0.1) is 0 Å². The fourth-order valence-electron chi connectivity index (χ4n) is 3.82. The molecular formula is C23H22N4O3. The number of rotatable bonds is 3. The molecule has 4 aromatic rings. The highest BCUT2D eigenvalue weighted by Gasteiger charge is 2.17. The number of nitrogen functional groups attached to an aromatic ring is 1. The lowest BCUT2D eigenvalue weighted by atomic mass is 10.2. The minimum atomic E-state index is -0.209. The predicted octanol–water partition coefficient (Wildman–Crippen LogP) is 3.51. The zero-order valence-corrected chi connectivity index (χ0v) is 16.6. The molecule has 7 heteroatoms. The summed E-state index contributed by atoms with van der Waals surface area (Å²) < 4.78 is 11.8. The average molecular weight is 402 g/mol. The normalized spacial score (nSPS) is 16.8. The quantitative estimate of drug-likeness (QED) is 0.507. The maximum absolute atomic E-state index is 12.7. The van der Waals surface area contributed by atoms with E-state index in [0.717, 1.165) is 25.3 Å². The second-order valence-corrected chi connectivity index (χ2v) is 7.54. The zero-order chi connectivity index (χ0) is 20.7. The lowest BCUT2D eigenvalue weighted by Gasteiger charge is -2.33. The first kappa shape index (κ1) is 18.4. The molecule has 0 radical (unpaired) electrons. The van der Waals surface area contributed by atoms with Crippen LogP contribution in [0.1, 0.15) is 6.92 Å². The molecule has 1 aliphatic rings. The fraction of sp³-hybridized carbons (Fsp3) is 0.217. The summed E-state index contributed by atoms with van der Waals surface area (Å²) in [6.07, 6.45) is 0. The third kappa shape index (κ3) is 3.33. The summed E-state index contributed by atoms with van der Waals surface area (Å²) in [7, 11) is 0. The third-order valence-electron chi connectivity index (χ3n) is 5.35. The van der Waals surface area contributed by atoms with E-state index in [2.05, 4.69) is 22.1 Å². The van der Waals surface area contributed by atoms with E-state index in [1.165, 1.54) is 0 Å². The van der Waals surface area contributed by atoms with Crippen LogP contribution < -0.4 is 26.1 Å². The highest BCUT2D eigenvalue weighted by Crippen LogP contribution is 2.31. The second-order valence-electron chi connectivity index (χ2n) is 7.54. The molecule has 7 nitrogen and oxygen atoms in total. The topological polar surface area (TPSA) is 93.6 Å². The highest BCUT2D eigenvalue weighted by atomic mass is 16.5. The third-order valence-corrected chi connectivity index (χ3v) is 5.35. The fourth-order valence-corrected chi connectivity index (χ4v) is 3.82.